The first-order valence-corrected chi connectivity index (χ1v) is 8.72. The maximum absolute atomic E-state index is 12.8. The number of phenolic OH excluding ortho intramolecular Hbond substituents is 1. The normalized spacial score (nSPS) is 11.8. The van der Waals surface area contributed by atoms with Crippen molar-refractivity contribution < 1.29 is 19.4 Å². The molecule has 3 aromatic rings. The third-order valence-corrected chi connectivity index (χ3v) is 4.35. The van der Waals surface area contributed by atoms with Crippen LogP contribution in [-0.4, -0.2) is 16.3 Å². The molecular formula is C22H17ClO4. The largest absolute Gasteiger partial charge is 0.508 e. The summed E-state index contributed by atoms with van der Waals surface area (Å²) in [5.74, 6) is -2.00. The topological polar surface area (TPSA) is 63.6 Å². The molecule has 0 fully saturated rings. The minimum Gasteiger partial charge on any atom is -0.508 e. The summed E-state index contributed by atoms with van der Waals surface area (Å²) in [6.45, 7) is 0. The maximum Gasteiger partial charge on any atom is 0.323 e. The van der Waals surface area contributed by atoms with Gasteiger partial charge >= 0.3 is 5.97 Å². The molecule has 1 unspecified atom stereocenters. The highest BCUT2D eigenvalue weighted by molar-refractivity contribution is 6.66. The second-order valence-electron chi connectivity index (χ2n) is 5.97. The number of aromatic hydroxyl groups is 1. The van der Waals surface area contributed by atoms with Crippen molar-refractivity contribution in [2.24, 2.45) is 0 Å². The molecule has 27 heavy (non-hydrogen) atoms. The van der Waals surface area contributed by atoms with Crippen molar-refractivity contribution in [2.75, 3.05) is 0 Å². The number of hydrogen-bond donors (Lipinski definition) is 1. The van der Waals surface area contributed by atoms with Crippen LogP contribution in [0, 0.1) is 0 Å². The molecule has 0 saturated heterocycles. The van der Waals surface area contributed by atoms with Crippen LogP contribution >= 0.6 is 11.6 Å². The van der Waals surface area contributed by atoms with E-state index in [-0.39, 0.29) is 5.75 Å². The number of ether oxygens (including phenoxy) is 1. The van der Waals surface area contributed by atoms with Gasteiger partial charge in [0.2, 0.25) is 5.24 Å². The van der Waals surface area contributed by atoms with E-state index in [1.807, 2.05) is 60.7 Å². The van der Waals surface area contributed by atoms with Crippen molar-refractivity contribution in [2.45, 2.75) is 12.0 Å². The molecule has 0 aromatic heterocycles. The zero-order chi connectivity index (χ0) is 19.2. The number of benzene rings is 3. The Bertz CT molecular complexity index is 869. The maximum atomic E-state index is 12.8. The minimum atomic E-state index is -1.28. The number of phenols is 1. The summed E-state index contributed by atoms with van der Waals surface area (Å²) in [6, 6.07) is 24.3. The Morgan fingerprint density at radius 2 is 1.22 bits per heavy atom. The fourth-order valence-electron chi connectivity index (χ4n) is 2.79. The van der Waals surface area contributed by atoms with E-state index in [0.29, 0.717) is 5.56 Å². The summed E-state index contributed by atoms with van der Waals surface area (Å²) in [4.78, 5) is 24.8. The van der Waals surface area contributed by atoms with Gasteiger partial charge in [0.25, 0.3) is 0 Å². The summed E-state index contributed by atoms with van der Waals surface area (Å²) < 4.78 is 5.72. The molecule has 4 nitrogen and oxygen atoms in total. The summed E-state index contributed by atoms with van der Waals surface area (Å²) in [5, 5.41) is 8.58. The number of halogens is 1. The van der Waals surface area contributed by atoms with Gasteiger partial charge in [0.15, 0.2) is 12.0 Å². The summed E-state index contributed by atoms with van der Waals surface area (Å²) in [7, 11) is 0. The van der Waals surface area contributed by atoms with E-state index in [1.165, 1.54) is 24.3 Å². The zero-order valence-electron chi connectivity index (χ0n) is 14.3. The lowest BCUT2D eigenvalue weighted by atomic mass is 9.98. The fourth-order valence-corrected chi connectivity index (χ4v) is 3.01. The minimum absolute atomic E-state index is 0.0272. The molecule has 5 heteroatoms. The molecule has 1 atom stereocenters. The molecule has 3 rings (SSSR count). The Morgan fingerprint density at radius 3 is 1.67 bits per heavy atom. The molecule has 0 heterocycles. The van der Waals surface area contributed by atoms with Crippen LogP contribution in [0.3, 0.4) is 0 Å². The predicted octanol–water partition coefficient (Wildman–Crippen LogP) is 4.57. The van der Waals surface area contributed by atoms with Gasteiger partial charge in [-0.2, -0.15) is 0 Å². The van der Waals surface area contributed by atoms with Crippen LogP contribution in [0.25, 0.3) is 0 Å². The monoisotopic (exact) mass is 380 g/mol. The van der Waals surface area contributed by atoms with Gasteiger partial charge in [0, 0.05) is 0 Å². The number of esters is 1. The van der Waals surface area contributed by atoms with Gasteiger partial charge in [-0.1, -0.05) is 72.8 Å². The van der Waals surface area contributed by atoms with Crippen LogP contribution in [0.15, 0.2) is 84.9 Å². The van der Waals surface area contributed by atoms with E-state index in [0.717, 1.165) is 11.1 Å². The summed E-state index contributed by atoms with van der Waals surface area (Å²) in [5.41, 5.74) is 1.92. The zero-order valence-corrected chi connectivity index (χ0v) is 15.0. The van der Waals surface area contributed by atoms with E-state index >= 15 is 0 Å². The average molecular weight is 381 g/mol. The molecule has 0 spiro atoms. The van der Waals surface area contributed by atoms with Crippen molar-refractivity contribution >= 4 is 22.8 Å². The second kappa shape index (κ2) is 8.52. The summed E-state index contributed by atoms with van der Waals surface area (Å²) >= 11 is 5.69. The lowest BCUT2D eigenvalue weighted by Gasteiger charge is -2.21. The van der Waals surface area contributed by atoms with Gasteiger partial charge < -0.3 is 9.84 Å². The average Bonchev–Trinajstić information content (AvgIpc) is 2.69. The molecule has 136 valence electrons. The molecular weight excluding hydrogens is 364 g/mol. The second-order valence-corrected chi connectivity index (χ2v) is 6.34. The van der Waals surface area contributed by atoms with E-state index in [4.69, 9.17) is 16.3 Å². The van der Waals surface area contributed by atoms with E-state index in [9.17, 15) is 14.7 Å². The number of carbonyl (C=O) groups is 2. The van der Waals surface area contributed by atoms with E-state index in [1.54, 1.807) is 0 Å². The Labute approximate surface area is 162 Å². The first-order valence-electron chi connectivity index (χ1n) is 8.35. The van der Waals surface area contributed by atoms with Gasteiger partial charge in [-0.15, -0.1) is 0 Å². The van der Waals surface area contributed by atoms with Crippen molar-refractivity contribution in [3.63, 3.8) is 0 Å². The highest BCUT2D eigenvalue weighted by atomic mass is 35.5. The molecule has 3 aromatic carbocycles. The molecule has 1 N–H and O–H groups in total. The van der Waals surface area contributed by atoms with Crippen molar-refractivity contribution in [3.8, 4) is 5.75 Å². The Morgan fingerprint density at radius 1 is 0.741 bits per heavy atom. The van der Waals surface area contributed by atoms with Crippen molar-refractivity contribution in [3.05, 3.63) is 102 Å². The van der Waals surface area contributed by atoms with E-state index < -0.39 is 23.2 Å². The van der Waals surface area contributed by atoms with Gasteiger partial charge in [-0.25, -0.2) is 0 Å². The molecule has 0 saturated carbocycles. The van der Waals surface area contributed by atoms with Crippen LogP contribution in [0.2, 0.25) is 0 Å². The van der Waals surface area contributed by atoms with Crippen molar-refractivity contribution in [1.29, 1.82) is 0 Å². The highest BCUT2D eigenvalue weighted by Crippen LogP contribution is 2.30. The fraction of sp³-hybridized carbons (Fsp3) is 0.0909. The standard InChI is InChI=1S/C22H17ClO4/c23-21(25)19(15-11-13-18(24)14-12-15)22(26)27-20(16-7-3-1-4-8-16)17-9-5-2-6-10-17/h1-14,19-20,24H. The first-order chi connectivity index (χ1) is 13.1. The lowest BCUT2D eigenvalue weighted by molar-refractivity contribution is -0.150. The third-order valence-electron chi connectivity index (χ3n) is 4.13. The molecule has 0 radical (unpaired) electrons. The Hall–Kier alpha value is -3.11. The number of hydrogen-bond acceptors (Lipinski definition) is 4. The number of rotatable bonds is 6. The molecule has 0 aliphatic rings. The van der Waals surface area contributed by atoms with Crippen LogP contribution in [0.4, 0.5) is 0 Å². The quantitative estimate of drug-likeness (QED) is 0.386. The molecule has 0 aliphatic carbocycles. The van der Waals surface area contributed by atoms with Crippen LogP contribution < -0.4 is 0 Å². The Kier molecular flexibility index (Phi) is 5.89. The van der Waals surface area contributed by atoms with Gasteiger partial charge in [0.05, 0.1) is 0 Å². The molecule has 0 aliphatic heterocycles. The van der Waals surface area contributed by atoms with E-state index in [2.05, 4.69) is 0 Å². The van der Waals surface area contributed by atoms with Crippen molar-refractivity contribution in [1.82, 2.24) is 0 Å². The van der Waals surface area contributed by atoms with Crippen LogP contribution in [0.5, 0.6) is 5.75 Å². The third kappa shape index (κ3) is 4.54. The van der Waals surface area contributed by atoms with Gasteiger partial charge in [-0.3, -0.25) is 9.59 Å². The summed E-state index contributed by atoms with van der Waals surface area (Å²) in [6.07, 6.45) is -0.671. The smallest absolute Gasteiger partial charge is 0.323 e. The lowest BCUT2D eigenvalue weighted by Crippen LogP contribution is -2.23. The highest BCUT2D eigenvalue weighted by Gasteiger charge is 2.31. The van der Waals surface area contributed by atoms with Gasteiger partial charge in [0.1, 0.15) is 5.75 Å². The predicted molar refractivity (Wildman–Crippen MR) is 103 cm³/mol. The molecule has 0 amide bonds. The SMILES string of the molecule is O=C(Cl)C(C(=O)OC(c1ccccc1)c1ccccc1)c1ccc(O)cc1. The van der Waals surface area contributed by atoms with Gasteiger partial charge in [-0.05, 0) is 40.4 Å². The molecule has 0 bridgehead atoms. The first kappa shape index (κ1) is 18.7. The number of carbonyl (C=O) groups excluding carboxylic acids is 2. The Balaban J connectivity index is 1.93. The van der Waals surface area contributed by atoms with Crippen LogP contribution in [0.1, 0.15) is 28.7 Å². The van der Waals surface area contributed by atoms with Crippen LogP contribution in [-0.2, 0) is 14.3 Å².